The lowest BCUT2D eigenvalue weighted by Crippen LogP contribution is -2.47. The van der Waals surface area contributed by atoms with E-state index in [-0.39, 0.29) is 5.54 Å². The molecule has 1 aromatic rings. The molecule has 0 amide bonds. The fourth-order valence-electron chi connectivity index (χ4n) is 2.97. The first-order chi connectivity index (χ1) is 10.0. The normalized spacial score (nSPS) is 18.4. The minimum Gasteiger partial charge on any atom is -0.377 e. The van der Waals surface area contributed by atoms with Crippen molar-refractivity contribution in [3.63, 3.8) is 0 Å². The second-order valence-electron chi connectivity index (χ2n) is 5.67. The summed E-state index contributed by atoms with van der Waals surface area (Å²) in [5.41, 5.74) is 6.44. The van der Waals surface area contributed by atoms with Gasteiger partial charge in [0.25, 0.3) is 0 Å². The molecule has 4 N–H and O–H groups in total. The lowest BCUT2D eigenvalue weighted by Gasteiger charge is -2.38. The van der Waals surface area contributed by atoms with Crippen LogP contribution in [-0.4, -0.2) is 27.0 Å². The summed E-state index contributed by atoms with van der Waals surface area (Å²) in [6, 6.07) is 7.04. The van der Waals surface area contributed by atoms with Gasteiger partial charge in [-0.2, -0.15) is 0 Å². The molecule has 0 heterocycles. The van der Waals surface area contributed by atoms with Gasteiger partial charge in [0, 0.05) is 18.6 Å². The highest BCUT2D eigenvalue weighted by atomic mass is 32.2. The lowest BCUT2D eigenvalue weighted by atomic mass is 9.81. The molecule has 1 aliphatic carbocycles. The van der Waals surface area contributed by atoms with Gasteiger partial charge in [-0.3, -0.25) is 0 Å². The first-order valence-electron chi connectivity index (χ1n) is 7.60. The number of nitrogens with two attached hydrogens (primary N) is 1. The molecule has 1 fully saturated rings. The summed E-state index contributed by atoms with van der Waals surface area (Å²) in [4.78, 5) is 0.297. The molecule has 1 aromatic carbocycles. The molecule has 0 spiro atoms. The van der Waals surface area contributed by atoms with Crippen molar-refractivity contribution in [2.24, 2.45) is 5.73 Å². The van der Waals surface area contributed by atoms with Gasteiger partial charge in [0.2, 0.25) is 10.0 Å². The average molecular weight is 311 g/mol. The molecule has 118 valence electrons. The van der Waals surface area contributed by atoms with Crippen LogP contribution >= 0.6 is 0 Å². The average Bonchev–Trinajstić information content (AvgIpc) is 2.48. The SMILES string of the molecule is CCNS(=O)(=O)c1ccccc1NC1(CN)CCCCC1. The van der Waals surface area contributed by atoms with Crippen LogP contribution in [0.5, 0.6) is 0 Å². The molecular formula is C15H25N3O2S. The van der Waals surface area contributed by atoms with E-state index in [9.17, 15) is 8.42 Å². The first-order valence-corrected chi connectivity index (χ1v) is 9.08. The van der Waals surface area contributed by atoms with Crippen LogP contribution in [0.25, 0.3) is 0 Å². The zero-order valence-corrected chi connectivity index (χ0v) is 13.4. The van der Waals surface area contributed by atoms with E-state index in [4.69, 9.17) is 5.73 Å². The van der Waals surface area contributed by atoms with Gasteiger partial charge in [0.15, 0.2) is 0 Å². The maximum Gasteiger partial charge on any atom is 0.242 e. The highest BCUT2D eigenvalue weighted by molar-refractivity contribution is 7.89. The van der Waals surface area contributed by atoms with Gasteiger partial charge in [-0.05, 0) is 25.0 Å². The summed E-state index contributed by atoms with van der Waals surface area (Å²) in [5, 5.41) is 3.43. The summed E-state index contributed by atoms with van der Waals surface area (Å²) in [5.74, 6) is 0. The molecule has 0 bridgehead atoms. The summed E-state index contributed by atoms with van der Waals surface area (Å²) in [6.45, 7) is 2.66. The Balaban J connectivity index is 2.32. The Kier molecular flexibility index (Phi) is 5.24. The third-order valence-corrected chi connectivity index (χ3v) is 5.72. The molecule has 21 heavy (non-hydrogen) atoms. The number of para-hydroxylation sites is 1. The first kappa shape index (κ1) is 16.3. The molecule has 0 aliphatic heterocycles. The molecule has 0 radical (unpaired) electrons. The number of benzene rings is 1. The van der Waals surface area contributed by atoms with Crippen LogP contribution in [0.2, 0.25) is 0 Å². The van der Waals surface area contributed by atoms with Gasteiger partial charge in [-0.25, -0.2) is 13.1 Å². The van der Waals surface area contributed by atoms with E-state index in [0.29, 0.717) is 23.7 Å². The van der Waals surface area contributed by atoms with Crippen LogP contribution in [0.4, 0.5) is 5.69 Å². The van der Waals surface area contributed by atoms with E-state index >= 15 is 0 Å². The smallest absolute Gasteiger partial charge is 0.242 e. The summed E-state index contributed by atoms with van der Waals surface area (Å²) in [7, 11) is -3.48. The summed E-state index contributed by atoms with van der Waals surface area (Å²) >= 11 is 0. The fraction of sp³-hybridized carbons (Fsp3) is 0.600. The molecule has 2 rings (SSSR count). The second-order valence-corrected chi connectivity index (χ2v) is 7.40. The van der Waals surface area contributed by atoms with E-state index in [1.807, 2.05) is 12.1 Å². The van der Waals surface area contributed by atoms with Crippen LogP contribution in [0.1, 0.15) is 39.0 Å². The molecule has 0 atom stereocenters. The van der Waals surface area contributed by atoms with Crippen LogP contribution in [0, 0.1) is 0 Å². The van der Waals surface area contributed by atoms with Crippen molar-refractivity contribution in [1.29, 1.82) is 0 Å². The molecule has 1 saturated carbocycles. The number of hydrogen-bond acceptors (Lipinski definition) is 4. The maximum atomic E-state index is 12.3. The van der Waals surface area contributed by atoms with Crippen LogP contribution in [-0.2, 0) is 10.0 Å². The highest BCUT2D eigenvalue weighted by Crippen LogP contribution is 2.33. The van der Waals surface area contributed by atoms with Crippen LogP contribution < -0.4 is 15.8 Å². The van der Waals surface area contributed by atoms with Crippen molar-refractivity contribution < 1.29 is 8.42 Å². The Morgan fingerprint density at radius 1 is 1.19 bits per heavy atom. The van der Waals surface area contributed by atoms with Gasteiger partial charge in [-0.15, -0.1) is 0 Å². The van der Waals surface area contributed by atoms with Gasteiger partial charge in [0.05, 0.1) is 5.69 Å². The number of sulfonamides is 1. The molecule has 6 heteroatoms. The molecule has 0 unspecified atom stereocenters. The lowest BCUT2D eigenvalue weighted by molar-refractivity contribution is 0.330. The predicted molar refractivity (Wildman–Crippen MR) is 85.8 cm³/mol. The van der Waals surface area contributed by atoms with Gasteiger partial charge in [0.1, 0.15) is 4.90 Å². The Labute approximate surface area is 127 Å². The molecule has 1 aliphatic rings. The summed E-state index contributed by atoms with van der Waals surface area (Å²) < 4.78 is 27.2. The Morgan fingerprint density at radius 3 is 2.48 bits per heavy atom. The zero-order chi connectivity index (χ0) is 15.3. The van der Waals surface area contributed by atoms with Crippen LogP contribution in [0.15, 0.2) is 29.2 Å². The van der Waals surface area contributed by atoms with Gasteiger partial charge in [-0.1, -0.05) is 38.3 Å². The largest absolute Gasteiger partial charge is 0.377 e. The fourth-order valence-corrected chi connectivity index (χ4v) is 4.17. The summed E-state index contributed by atoms with van der Waals surface area (Å²) in [6.07, 6.45) is 5.46. The monoisotopic (exact) mass is 311 g/mol. The number of hydrogen-bond donors (Lipinski definition) is 3. The van der Waals surface area contributed by atoms with E-state index in [2.05, 4.69) is 10.0 Å². The number of anilines is 1. The maximum absolute atomic E-state index is 12.3. The minimum absolute atomic E-state index is 0.184. The zero-order valence-electron chi connectivity index (χ0n) is 12.6. The third kappa shape index (κ3) is 3.75. The molecule has 0 aromatic heterocycles. The van der Waals surface area contributed by atoms with Gasteiger partial charge < -0.3 is 11.1 Å². The van der Waals surface area contributed by atoms with E-state index in [1.165, 1.54) is 6.42 Å². The topological polar surface area (TPSA) is 84.2 Å². The van der Waals surface area contributed by atoms with E-state index in [0.717, 1.165) is 25.7 Å². The van der Waals surface area contributed by atoms with Crippen molar-refractivity contribution in [2.75, 3.05) is 18.4 Å². The quantitative estimate of drug-likeness (QED) is 0.751. The molecule has 5 nitrogen and oxygen atoms in total. The van der Waals surface area contributed by atoms with Crippen molar-refractivity contribution >= 4 is 15.7 Å². The Bertz CT molecular complexity index is 566. The third-order valence-electron chi connectivity index (χ3n) is 4.11. The molecular weight excluding hydrogens is 286 g/mol. The van der Waals surface area contributed by atoms with Gasteiger partial charge >= 0.3 is 0 Å². The van der Waals surface area contributed by atoms with E-state index in [1.54, 1.807) is 19.1 Å². The van der Waals surface area contributed by atoms with Crippen LogP contribution in [0.3, 0.4) is 0 Å². The van der Waals surface area contributed by atoms with Crippen molar-refractivity contribution in [2.45, 2.75) is 49.5 Å². The second kappa shape index (κ2) is 6.77. The predicted octanol–water partition coefficient (Wildman–Crippen LogP) is 2.06. The van der Waals surface area contributed by atoms with Crippen molar-refractivity contribution in [1.82, 2.24) is 4.72 Å². The Morgan fingerprint density at radius 2 is 1.86 bits per heavy atom. The van der Waals surface area contributed by atoms with Crippen molar-refractivity contribution in [3.05, 3.63) is 24.3 Å². The Hall–Kier alpha value is -1.11. The number of nitrogens with one attached hydrogen (secondary N) is 2. The van der Waals surface area contributed by atoms with E-state index < -0.39 is 10.0 Å². The number of rotatable bonds is 6. The van der Waals surface area contributed by atoms with Crippen molar-refractivity contribution in [3.8, 4) is 0 Å². The highest BCUT2D eigenvalue weighted by Gasteiger charge is 2.32. The minimum atomic E-state index is -3.48. The standard InChI is InChI=1S/C15H25N3O2S/c1-2-17-21(19,20)14-9-5-4-8-13(14)18-15(12-16)10-6-3-7-11-15/h4-5,8-9,17-18H,2-3,6-7,10-12,16H2,1H3. The molecule has 0 saturated heterocycles.